The lowest BCUT2D eigenvalue weighted by Gasteiger charge is -2.39. The molecule has 2 rings (SSSR count). The number of rotatable bonds is 3. The number of piperidine rings is 1. The van der Waals surface area contributed by atoms with Gasteiger partial charge in [0, 0.05) is 11.6 Å². The van der Waals surface area contributed by atoms with Crippen molar-refractivity contribution in [2.45, 2.75) is 44.2 Å². The highest BCUT2D eigenvalue weighted by Gasteiger charge is 2.53. The quantitative estimate of drug-likeness (QED) is 0.629. The fraction of sp³-hybridized carbons (Fsp3) is 0.900. The molecule has 1 amide bonds. The molecule has 2 fully saturated rings. The Hall–Kier alpha value is -0.570. The smallest absolute Gasteiger partial charge is 0.207 e. The third-order valence-corrected chi connectivity index (χ3v) is 3.62. The Morgan fingerprint density at radius 2 is 2.38 bits per heavy atom. The summed E-state index contributed by atoms with van der Waals surface area (Å²) >= 11 is 0. The van der Waals surface area contributed by atoms with Gasteiger partial charge in [-0.3, -0.25) is 4.79 Å². The van der Waals surface area contributed by atoms with Gasteiger partial charge in [-0.25, -0.2) is 0 Å². The second-order valence-corrected chi connectivity index (χ2v) is 4.30. The summed E-state index contributed by atoms with van der Waals surface area (Å²) in [4.78, 5) is 10.5. The molecule has 1 aliphatic heterocycles. The van der Waals surface area contributed by atoms with E-state index in [0.717, 1.165) is 13.0 Å². The second-order valence-electron chi connectivity index (χ2n) is 4.30. The molecule has 1 saturated carbocycles. The molecular weight excluding hydrogens is 164 g/mol. The van der Waals surface area contributed by atoms with Crippen molar-refractivity contribution in [3.8, 4) is 0 Å². The van der Waals surface area contributed by atoms with Crippen molar-refractivity contribution in [2.24, 2.45) is 5.92 Å². The van der Waals surface area contributed by atoms with Crippen LogP contribution in [0, 0.1) is 5.92 Å². The van der Waals surface area contributed by atoms with E-state index in [1.807, 2.05) is 0 Å². The van der Waals surface area contributed by atoms with Crippen molar-refractivity contribution in [3.05, 3.63) is 0 Å². The predicted molar refractivity (Wildman–Crippen MR) is 51.4 cm³/mol. The van der Waals surface area contributed by atoms with Crippen LogP contribution < -0.4 is 10.6 Å². The fourth-order valence-corrected chi connectivity index (χ4v) is 2.67. The molecule has 2 N–H and O–H groups in total. The maximum Gasteiger partial charge on any atom is 0.207 e. The molecule has 74 valence electrons. The molecule has 1 aliphatic carbocycles. The number of nitrogens with one attached hydrogen (secondary N) is 2. The van der Waals surface area contributed by atoms with E-state index in [2.05, 4.69) is 17.6 Å². The van der Waals surface area contributed by atoms with E-state index in [9.17, 15) is 4.79 Å². The topological polar surface area (TPSA) is 41.1 Å². The van der Waals surface area contributed by atoms with E-state index in [1.165, 1.54) is 25.7 Å². The van der Waals surface area contributed by atoms with E-state index in [-0.39, 0.29) is 5.54 Å². The maximum absolute atomic E-state index is 10.5. The summed E-state index contributed by atoms with van der Waals surface area (Å²) in [5, 5.41) is 6.54. The number of carbonyl (C=O) groups is 1. The van der Waals surface area contributed by atoms with E-state index in [1.54, 1.807) is 0 Å². The van der Waals surface area contributed by atoms with Crippen molar-refractivity contribution in [1.82, 2.24) is 10.6 Å². The Morgan fingerprint density at radius 1 is 1.62 bits per heavy atom. The minimum atomic E-state index is 0.278. The zero-order chi connectivity index (χ0) is 9.31. The SMILES string of the molecule is CCC1CCNC2(CC2)C1NC=O. The van der Waals surface area contributed by atoms with Gasteiger partial charge in [0.2, 0.25) is 6.41 Å². The largest absolute Gasteiger partial charge is 0.354 e. The zero-order valence-electron chi connectivity index (χ0n) is 8.18. The average Bonchev–Trinajstić information content (AvgIpc) is 2.90. The Kier molecular flexibility index (Phi) is 2.28. The molecular formula is C10H18N2O. The van der Waals surface area contributed by atoms with Crippen molar-refractivity contribution < 1.29 is 4.79 Å². The fourth-order valence-electron chi connectivity index (χ4n) is 2.67. The summed E-state index contributed by atoms with van der Waals surface area (Å²) < 4.78 is 0. The van der Waals surface area contributed by atoms with Crippen molar-refractivity contribution in [2.75, 3.05) is 6.54 Å². The number of hydrogen-bond acceptors (Lipinski definition) is 2. The van der Waals surface area contributed by atoms with E-state index < -0.39 is 0 Å². The van der Waals surface area contributed by atoms with E-state index in [0.29, 0.717) is 12.0 Å². The molecule has 1 saturated heterocycles. The lowest BCUT2D eigenvalue weighted by molar-refractivity contribution is -0.111. The van der Waals surface area contributed by atoms with Gasteiger partial charge in [0.05, 0.1) is 0 Å². The van der Waals surface area contributed by atoms with Crippen LogP contribution in [0.25, 0.3) is 0 Å². The first kappa shape index (κ1) is 9.00. The van der Waals surface area contributed by atoms with E-state index >= 15 is 0 Å². The molecule has 1 spiro atoms. The van der Waals surface area contributed by atoms with Crippen LogP contribution in [0.5, 0.6) is 0 Å². The standard InChI is InChI=1S/C10H18N2O/c1-2-8-3-6-12-10(4-5-10)9(8)11-7-13/h7-9,12H,2-6H2,1H3,(H,11,13). The lowest BCUT2D eigenvalue weighted by Crippen LogP contribution is -2.58. The van der Waals surface area contributed by atoms with Crippen LogP contribution in [-0.2, 0) is 4.79 Å². The van der Waals surface area contributed by atoms with Crippen molar-refractivity contribution >= 4 is 6.41 Å². The molecule has 1 heterocycles. The van der Waals surface area contributed by atoms with Crippen LogP contribution in [-0.4, -0.2) is 24.5 Å². The Labute approximate surface area is 79.3 Å². The lowest BCUT2D eigenvalue weighted by atomic mass is 9.83. The summed E-state index contributed by atoms with van der Waals surface area (Å²) in [5.41, 5.74) is 0.278. The monoisotopic (exact) mass is 182 g/mol. The molecule has 0 radical (unpaired) electrons. The Morgan fingerprint density at radius 3 is 2.92 bits per heavy atom. The van der Waals surface area contributed by atoms with Crippen LogP contribution in [0.1, 0.15) is 32.6 Å². The van der Waals surface area contributed by atoms with Gasteiger partial charge in [-0.2, -0.15) is 0 Å². The number of carbonyl (C=O) groups excluding carboxylic acids is 1. The first-order valence-electron chi connectivity index (χ1n) is 5.27. The van der Waals surface area contributed by atoms with Crippen LogP contribution >= 0.6 is 0 Å². The molecule has 0 bridgehead atoms. The molecule has 0 aromatic rings. The molecule has 2 unspecified atom stereocenters. The predicted octanol–water partition coefficient (Wildman–Crippen LogP) is 0.653. The van der Waals surface area contributed by atoms with Gasteiger partial charge in [-0.15, -0.1) is 0 Å². The van der Waals surface area contributed by atoms with Gasteiger partial charge in [0.15, 0.2) is 0 Å². The molecule has 2 aliphatic rings. The van der Waals surface area contributed by atoms with Crippen LogP contribution in [0.15, 0.2) is 0 Å². The highest BCUT2D eigenvalue weighted by molar-refractivity contribution is 5.48. The van der Waals surface area contributed by atoms with Gasteiger partial charge in [-0.05, 0) is 31.7 Å². The zero-order valence-corrected chi connectivity index (χ0v) is 8.18. The maximum atomic E-state index is 10.5. The summed E-state index contributed by atoms with van der Waals surface area (Å²) in [6.07, 6.45) is 5.70. The third-order valence-electron chi connectivity index (χ3n) is 3.62. The molecule has 3 heteroatoms. The normalized spacial score (nSPS) is 35.8. The van der Waals surface area contributed by atoms with E-state index in [4.69, 9.17) is 0 Å². The Bertz CT molecular complexity index is 201. The molecule has 13 heavy (non-hydrogen) atoms. The summed E-state index contributed by atoms with van der Waals surface area (Å²) in [5.74, 6) is 0.675. The summed E-state index contributed by atoms with van der Waals surface area (Å²) in [6.45, 7) is 3.33. The number of hydrogen-bond donors (Lipinski definition) is 2. The first-order valence-corrected chi connectivity index (χ1v) is 5.27. The van der Waals surface area contributed by atoms with Gasteiger partial charge < -0.3 is 10.6 Å². The van der Waals surface area contributed by atoms with Gasteiger partial charge in [-0.1, -0.05) is 13.3 Å². The molecule has 3 nitrogen and oxygen atoms in total. The minimum absolute atomic E-state index is 0.278. The van der Waals surface area contributed by atoms with Crippen LogP contribution in [0.3, 0.4) is 0 Å². The minimum Gasteiger partial charge on any atom is -0.354 e. The Balaban J connectivity index is 2.07. The molecule has 0 aromatic heterocycles. The van der Waals surface area contributed by atoms with Crippen molar-refractivity contribution in [1.29, 1.82) is 0 Å². The third kappa shape index (κ3) is 1.46. The summed E-state index contributed by atoms with van der Waals surface area (Å²) in [7, 11) is 0. The first-order chi connectivity index (χ1) is 6.32. The summed E-state index contributed by atoms with van der Waals surface area (Å²) in [6, 6.07) is 0.378. The molecule has 0 aromatic carbocycles. The van der Waals surface area contributed by atoms with Gasteiger partial charge in [0.1, 0.15) is 0 Å². The highest BCUT2D eigenvalue weighted by Crippen LogP contribution is 2.44. The van der Waals surface area contributed by atoms with Gasteiger partial charge in [0.25, 0.3) is 0 Å². The van der Waals surface area contributed by atoms with Crippen LogP contribution in [0.4, 0.5) is 0 Å². The number of amides is 1. The van der Waals surface area contributed by atoms with Crippen molar-refractivity contribution in [3.63, 3.8) is 0 Å². The van der Waals surface area contributed by atoms with Crippen LogP contribution in [0.2, 0.25) is 0 Å². The second kappa shape index (κ2) is 3.29. The molecule has 2 atom stereocenters. The highest BCUT2D eigenvalue weighted by atomic mass is 16.1. The average molecular weight is 182 g/mol. The van der Waals surface area contributed by atoms with Gasteiger partial charge >= 0.3 is 0 Å².